The molecular weight excluding hydrogens is 551 g/mol. The predicted molar refractivity (Wildman–Crippen MR) is 166 cm³/mol. The van der Waals surface area contributed by atoms with E-state index in [-0.39, 0.29) is 23.4 Å². The molecule has 42 heavy (non-hydrogen) atoms. The summed E-state index contributed by atoms with van der Waals surface area (Å²) in [6.45, 7) is 18.2. The molecule has 1 aromatic heterocycles. The van der Waals surface area contributed by atoms with Crippen molar-refractivity contribution in [1.29, 1.82) is 0 Å². The lowest BCUT2D eigenvalue weighted by Crippen LogP contribution is -2.41. The van der Waals surface area contributed by atoms with Crippen LogP contribution in [0, 0.1) is 17.2 Å². The second-order valence-electron chi connectivity index (χ2n) is 13.8. The maximum atomic E-state index is 13.4. The zero-order valence-corrected chi connectivity index (χ0v) is 27.6. The lowest BCUT2D eigenvalue weighted by atomic mass is 9.83. The van der Waals surface area contributed by atoms with E-state index in [0.717, 1.165) is 47.9 Å². The van der Waals surface area contributed by atoms with Crippen LogP contribution in [0.2, 0.25) is 13.1 Å². The third-order valence-electron chi connectivity index (χ3n) is 7.53. The van der Waals surface area contributed by atoms with E-state index in [1.165, 1.54) is 12.1 Å². The Morgan fingerprint density at radius 3 is 2.33 bits per heavy atom. The third kappa shape index (κ3) is 8.34. The molecule has 0 saturated carbocycles. The average molecular weight is 599 g/mol. The van der Waals surface area contributed by atoms with Gasteiger partial charge in [-0.3, -0.25) is 0 Å². The van der Waals surface area contributed by atoms with E-state index in [1.807, 2.05) is 37.8 Å². The van der Waals surface area contributed by atoms with Crippen LogP contribution < -0.4 is 4.74 Å². The van der Waals surface area contributed by atoms with Crippen LogP contribution in [-0.4, -0.2) is 43.9 Å². The highest BCUT2D eigenvalue weighted by atomic mass is 28.3. The number of aromatic nitrogens is 1. The van der Waals surface area contributed by atoms with Gasteiger partial charge in [-0.05, 0) is 101 Å². The van der Waals surface area contributed by atoms with Crippen molar-refractivity contribution in [3.05, 3.63) is 59.0 Å². The van der Waals surface area contributed by atoms with Gasteiger partial charge in [0.05, 0.1) is 17.4 Å². The number of halogens is 1. The SMILES string of the molecule is C[SiH](C)OC(c1c(OCc2ccc(F)cc2)ccc2c(CCC3CCN(C(=O)OC(C)(C)C)CC3)noc12)C(C)(C)C. The van der Waals surface area contributed by atoms with Gasteiger partial charge in [0.1, 0.15) is 23.8 Å². The van der Waals surface area contributed by atoms with Crippen LogP contribution in [0.5, 0.6) is 5.75 Å². The Kier molecular flexibility index (Phi) is 10.0. The summed E-state index contributed by atoms with van der Waals surface area (Å²) in [5.41, 5.74) is 2.70. The molecule has 1 aliphatic heterocycles. The first kappa shape index (κ1) is 32.0. The number of amides is 1. The molecule has 0 N–H and O–H groups in total. The van der Waals surface area contributed by atoms with E-state index in [1.54, 1.807) is 12.1 Å². The Balaban J connectivity index is 1.53. The molecule has 9 heteroatoms. The van der Waals surface area contributed by atoms with Crippen LogP contribution >= 0.6 is 0 Å². The van der Waals surface area contributed by atoms with E-state index in [2.05, 4.69) is 39.0 Å². The van der Waals surface area contributed by atoms with Crippen LogP contribution in [0.3, 0.4) is 0 Å². The average Bonchev–Trinajstić information content (AvgIpc) is 3.32. The fourth-order valence-electron chi connectivity index (χ4n) is 5.40. The van der Waals surface area contributed by atoms with Crippen molar-refractivity contribution in [3.63, 3.8) is 0 Å². The summed E-state index contributed by atoms with van der Waals surface area (Å²) < 4.78 is 38.0. The predicted octanol–water partition coefficient (Wildman–Crippen LogP) is 8.21. The van der Waals surface area contributed by atoms with E-state index >= 15 is 0 Å². The summed E-state index contributed by atoms with van der Waals surface area (Å²) in [5, 5.41) is 5.52. The molecule has 7 nitrogen and oxygen atoms in total. The van der Waals surface area contributed by atoms with Gasteiger partial charge < -0.3 is 23.3 Å². The molecule has 1 fully saturated rings. The number of carbonyl (C=O) groups is 1. The summed E-state index contributed by atoms with van der Waals surface area (Å²) in [4.78, 5) is 14.3. The third-order valence-corrected chi connectivity index (χ3v) is 8.35. The quantitative estimate of drug-likeness (QED) is 0.231. The molecule has 2 heterocycles. The van der Waals surface area contributed by atoms with Crippen molar-refractivity contribution in [2.45, 2.75) is 98.6 Å². The number of rotatable bonds is 9. The van der Waals surface area contributed by atoms with Crippen LogP contribution in [0.4, 0.5) is 9.18 Å². The van der Waals surface area contributed by atoms with Gasteiger partial charge in [0.2, 0.25) is 0 Å². The van der Waals surface area contributed by atoms with Crippen molar-refractivity contribution in [2.75, 3.05) is 13.1 Å². The molecule has 4 rings (SSSR count). The van der Waals surface area contributed by atoms with Gasteiger partial charge in [-0.15, -0.1) is 0 Å². The minimum Gasteiger partial charge on any atom is -0.488 e. The first-order valence-electron chi connectivity index (χ1n) is 15.1. The van der Waals surface area contributed by atoms with Gasteiger partial charge in [-0.1, -0.05) is 38.1 Å². The molecule has 0 radical (unpaired) electrons. The van der Waals surface area contributed by atoms with Gasteiger partial charge >= 0.3 is 6.09 Å². The van der Waals surface area contributed by atoms with Crippen molar-refractivity contribution >= 4 is 26.1 Å². The number of hydrogen-bond acceptors (Lipinski definition) is 6. The topological polar surface area (TPSA) is 74.0 Å². The van der Waals surface area contributed by atoms with E-state index in [0.29, 0.717) is 36.9 Å². The van der Waals surface area contributed by atoms with Gasteiger partial charge in [0.25, 0.3) is 0 Å². The van der Waals surface area contributed by atoms with Gasteiger partial charge in [-0.2, -0.15) is 0 Å². The fourth-order valence-corrected chi connectivity index (χ4v) is 6.49. The molecule has 2 aromatic carbocycles. The first-order valence-corrected chi connectivity index (χ1v) is 17.9. The second-order valence-corrected chi connectivity index (χ2v) is 16.1. The van der Waals surface area contributed by atoms with Crippen molar-refractivity contribution in [3.8, 4) is 5.75 Å². The number of hydrogen-bond donors (Lipinski definition) is 0. The zero-order chi connectivity index (χ0) is 30.7. The van der Waals surface area contributed by atoms with Gasteiger partial charge in [0.15, 0.2) is 14.6 Å². The molecule has 1 atom stereocenters. The molecular formula is C33H47FN2O5Si. The van der Waals surface area contributed by atoms with E-state index < -0.39 is 14.6 Å². The molecule has 0 aliphatic carbocycles. The number of ether oxygens (including phenoxy) is 2. The Hall–Kier alpha value is -2.91. The summed E-state index contributed by atoms with van der Waals surface area (Å²) in [6, 6.07) is 10.4. The highest BCUT2D eigenvalue weighted by Crippen LogP contribution is 2.45. The summed E-state index contributed by atoms with van der Waals surface area (Å²) >= 11 is 0. The lowest BCUT2D eigenvalue weighted by Gasteiger charge is -2.34. The normalized spacial score (nSPS) is 15.8. The van der Waals surface area contributed by atoms with Crippen LogP contribution in [-0.2, 0) is 22.2 Å². The minimum absolute atomic E-state index is 0.214. The lowest BCUT2D eigenvalue weighted by molar-refractivity contribution is 0.0181. The number of aryl methyl sites for hydroxylation is 1. The Morgan fingerprint density at radius 2 is 1.74 bits per heavy atom. The molecule has 1 unspecified atom stereocenters. The molecule has 0 spiro atoms. The summed E-state index contributed by atoms with van der Waals surface area (Å²) in [7, 11) is -1.43. The van der Waals surface area contributed by atoms with Crippen LogP contribution in [0.15, 0.2) is 40.9 Å². The molecule has 1 saturated heterocycles. The second kappa shape index (κ2) is 13.2. The standard InChI is InChI=1S/C33H47FN2O5Si/c1-32(2,3)30(41-42(7)8)28-27(38-21-23-9-12-24(34)13-10-23)16-14-25-26(35-40-29(25)28)15-11-22-17-19-36(20-18-22)31(37)39-33(4,5)6/h9-10,12-14,16,22,30,42H,11,15,17-21H2,1-8H3. The monoisotopic (exact) mass is 598 g/mol. The first-order chi connectivity index (χ1) is 19.7. The Bertz CT molecular complexity index is 1340. The Morgan fingerprint density at radius 1 is 1.07 bits per heavy atom. The fraction of sp³-hybridized carbons (Fsp3) is 0.576. The number of benzene rings is 2. The number of nitrogens with zero attached hydrogens (tertiary/aromatic N) is 2. The number of fused-ring (bicyclic) bond motifs is 1. The van der Waals surface area contributed by atoms with Crippen molar-refractivity contribution < 1.29 is 27.6 Å². The molecule has 230 valence electrons. The molecule has 1 amide bonds. The maximum absolute atomic E-state index is 13.4. The summed E-state index contributed by atoms with van der Waals surface area (Å²) in [5.74, 6) is 0.927. The smallest absolute Gasteiger partial charge is 0.410 e. The van der Waals surface area contributed by atoms with Crippen molar-refractivity contribution in [2.24, 2.45) is 11.3 Å². The van der Waals surface area contributed by atoms with Crippen molar-refractivity contribution in [1.82, 2.24) is 10.1 Å². The minimum atomic E-state index is -1.43. The summed E-state index contributed by atoms with van der Waals surface area (Å²) in [6.07, 6.45) is 3.18. The molecule has 3 aromatic rings. The van der Waals surface area contributed by atoms with Crippen LogP contribution in [0.1, 0.15) is 83.7 Å². The highest BCUT2D eigenvalue weighted by molar-refractivity contribution is 6.48. The number of likely N-dealkylation sites (tertiary alicyclic amines) is 1. The van der Waals surface area contributed by atoms with Crippen LogP contribution in [0.25, 0.3) is 11.0 Å². The number of carbonyl (C=O) groups excluding carboxylic acids is 1. The highest BCUT2D eigenvalue weighted by Gasteiger charge is 2.34. The number of piperidine rings is 1. The maximum Gasteiger partial charge on any atom is 0.410 e. The molecule has 0 bridgehead atoms. The van der Waals surface area contributed by atoms with Gasteiger partial charge in [0, 0.05) is 18.5 Å². The zero-order valence-electron chi connectivity index (χ0n) is 26.5. The molecule has 1 aliphatic rings. The van der Waals surface area contributed by atoms with E-state index in [4.69, 9.17) is 18.4 Å². The largest absolute Gasteiger partial charge is 0.488 e. The van der Waals surface area contributed by atoms with Gasteiger partial charge in [-0.25, -0.2) is 9.18 Å². The Labute approximate surface area is 251 Å². The van der Waals surface area contributed by atoms with E-state index in [9.17, 15) is 9.18 Å².